The van der Waals surface area contributed by atoms with Gasteiger partial charge in [-0.15, -0.1) is 0 Å². The van der Waals surface area contributed by atoms with Crippen LogP contribution in [-0.2, 0) is 0 Å². The van der Waals surface area contributed by atoms with Crippen LogP contribution in [0.1, 0.15) is 64.2 Å². The molecule has 0 amide bonds. The van der Waals surface area contributed by atoms with Crippen LogP contribution in [0, 0.1) is 0 Å². The van der Waals surface area contributed by atoms with Gasteiger partial charge in [0.25, 0.3) is 0 Å². The van der Waals surface area contributed by atoms with Gasteiger partial charge in [-0.05, 0) is 32.7 Å². The summed E-state index contributed by atoms with van der Waals surface area (Å²) in [6, 6.07) is 1.91. The Kier molecular flexibility index (Phi) is 4.66. The lowest BCUT2D eigenvalue weighted by molar-refractivity contribution is 0.132. The first-order chi connectivity index (χ1) is 7.79. The molecule has 2 fully saturated rings. The van der Waals surface area contributed by atoms with Crippen LogP contribution in [0.3, 0.4) is 0 Å². The predicted molar refractivity (Wildman–Crippen MR) is 69.5 cm³/mol. The maximum Gasteiger partial charge on any atom is 0.0247 e. The molecule has 0 saturated heterocycles. The Labute approximate surface area is 101 Å². The fourth-order valence-electron chi connectivity index (χ4n) is 3.58. The largest absolute Gasteiger partial charge is 0.326 e. The number of nitrogens with zero attached hydrogens (tertiary/aromatic N) is 1. The minimum Gasteiger partial charge on any atom is -0.326 e. The van der Waals surface area contributed by atoms with E-state index in [0.717, 1.165) is 6.04 Å². The van der Waals surface area contributed by atoms with Crippen molar-refractivity contribution >= 4 is 0 Å². The van der Waals surface area contributed by atoms with Crippen LogP contribution in [0.15, 0.2) is 0 Å². The average molecular weight is 224 g/mol. The lowest BCUT2D eigenvalue weighted by atomic mass is 9.91. The molecule has 0 spiro atoms. The molecule has 0 radical (unpaired) electrons. The normalized spacial score (nSPS) is 33.9. The van der Waals surface area contributed by atoms with E-state index in [0.29, 0.717) is 12.1 Å². The van der Waals surface area contributed by atoms with Crippen molar-refractivity contribution in [1.29, 1.82) is 0 Å². The summed E-state index contributed by atoms with van der Waals surface area (Å²) in [7, 11) is 2.32. The Bertz CT molecular complexity index is 199. The summed E-state index contributed by atoms with van der Waals surface area (Å²) in [5, 5.41) is 0. The van der Waals surface area contributed by atoms with Crippen LogP contribution in [0.25, 0.3) is 0 Å². The number of rotatable bonds is 2. The summed E-state index contributed by atoms with van der Waals surface area (Å²) in [6.45, 7) is 0. The molecular formula is C14H28N2. The van der Waals surface area contributed by atoms with Gasteiger partial charge in [0.1, 0.15) is 0 Å². The zero-order valence-electron chi connectivity index (χ0n) is 10.8. The second kappa shape index (κ2) is 6.02. The fourth-order valence-corrected chi connectivity index (χ4v) is 3.58. The van der Waals surface area contributed by atoms with E-state index in [-0.39, 0.29) is 0 Å². The van der Waals surface area contributed by atoms with Gasteiger partial charge in [-0.2, -0.15) is 0 Å². The third-order valence-electron chi connectivity index (χ3n) is 4.71. The molecular weight excluding hydrogens is 196 g/mol. The Balaban J connectivity index is 1.92. The number of likely N-dealkylation sites (N-methyl/N-ethyl adjacent to an activating group) is 1. The molecule has 0 heterocycles. The smallest absolute Gasteiger partial charge is 0.0247 e. The molecule has 2 aliphatic carbocycles. The van der Waals surface area contributed by atoms with Gasteiger partial charge in [0.15, 0.2) is 0 Å². The number of hydrogen-bond acceptors (Lipinski definition) is 2. The minimum absolute atomic E-state index is 0.422. The van der Waals surface area contributed by atoms with E-state index in [1.807, 2.05) is 0 Å². The molecule has 2 nitrogen and oxygen atoms in total. The standard InChI is InChI=1S/C14H28N2/c1-16(12-8-6-7-9-12)14-11-5-3-2-4-10-13(14)15/h12-14H,2-11,15H2,1H3. The molecule has 2 saturated carbocycles. The second-order valence-corrected chi connectivity index (χ2v) is 5.83. The van der Waals surface area contributed by atoms with Crippen LogP contribution in [-0.4, -0.2) is 30.1 Å². The maximum atomic E-state index is 6.38. The SMILES string of the molecule is CN(C1CCCC1)C1CCCCCCC1N. The van der Waals surface area contributed by atoms with Crippen molar-refractivity contribution in [3.05, 3.63) is 0 Å². The van der Waals surface area contributed by atoms with Crippen LogP contribution >= 0.6 is 0 Å². The van der Waals surface area contributed by atoms with Crippen molar-refractivity contribution < 1.29 is 0 Å². The second-order valence-electron chi connectivity index (χ2n) is 5.83. The van der Waals surface area contributed by atoms with Crippen molar-refractivity contribution in [3.63, 3.8) is 0 Å². The average Bonchev–Trinajstić information content (AvgIpc) is 2.76. The summed E-state index contributed by atoms with van der Waals surface area (Å²) in [5.41, 5.74) is 6.38. The molecule has 2 aliphatic rings. The third kappa shape index (κ3) is 2.98. The highest BCUT2D eigenvalue weighted by atomic mass is 15.2. The summed E-state index contributed by atoms with van der Waals surface area (Å²) < 4.78 is 0. The van der Waals surface area contributed by atoms with Crippen molar-refractivity contribution in [2.24, 2.45) is 5.73 Å². The topological polar surface area (TPSA) is 29.3 Å². The van der Waals surface area contributed by atoms with Crippen LogP contribution in [0.2, 0.25) is 0 Å². The van der Waals surface area contributed by atoms with Gasteiger partial charge in [-0.25, -0.2) is 0 Å². The van der Waals surface area contributed by atoms with E-state index in [1.165, 1.54) is 64.2 Å². The van der Waals surface area contributed by atoms with Crippen molar-refractivity contribution in [1.82, 2.24) is 4.90 Å². The van der Waals surface area contributed by atoms with Gasteiger partial charge in [0.05, 0.1) is 0 Å². The lowest BCUT2D eigenvalue weighted by Gasteiger charge is -2.38. The summed E-state index contributed by atoms with van der Waals surface area (Å²) in [5.74, 6) is 0. The van der Waals surface area contributed by atoms with Crippen molar-refractivity contribution in [3.8, 4) is 0 Å². The maximum absolute atomic E-state index is 6.38. The first-order valence-electron chi connectivity index (χ1n) is 7.26. The summed E-state index contributed by atoms with van der Waals surface area (Å²) >= 11 is 0. The Morgan fingerprint density at radius 2 is 1.38 bits per heavy atom. The number of nitrogens with two attached hydrogens (primary N) is 1. The molecule has 16 heavy (non-hydrogen) atoms. The van der Waals surface area contributed by atoms with Gasteiger partial charge in [-0.3, -0.25) is 4.90 Å². The molecule has 2 unspecified atom stereocenters. The fraction of sp³-hybridized carbons (Fsp3) is 1.00. The monoisotopic (exact) mass is 224 g/mol. The molecule has 2 heteroatoms. The number of hydrogen-bond donors (Lipinski definition) is 1. The van der Waals surface area contributed by atoms with Crippen LogP contribution in [0.4, 0.5) is 0 Å². The molecule has 0 aliphatic heterocycles. The molecule has 0 aromatic carbocycles. The van der Waals surface area contributed by atoms with Crippen molar-refractivity contribution in [2.75, 3.05) is 7.05 Å². The van der Waals surface area contributed by atoms with E-state index in [1.54, 1.807) is 0 Å². The molecule has 0 bridgehead atoms. The molecule has 2 rings (SSSR count). The zero-order valence-corrected chi connectivity index (χ0v) is 10.8. The highest BCUT2D eigenvalue weighted by molar-refractivity contribution is 4.87. The van der Waals surface area contributed by atoms with E-state index < -0.39 is 0 Å². The quantitative estimate of drug-likeness (QED) is 0.781. The van der Waals surface area contributed by atoms with Crippen LogP contribution < -0.4 is 5.73 Å². The Hall–Kier alpha value is -0.0800. The zero-order chi connectivity index (χ0) is 11.4. The van der Waals surface area contributed by atoms with Gasteiger partial charge in [0, 0.05) is 18.1 Å². The van der Waals surface area contributed by atoms with E-state index in [2.05, 4.69) is 11.9 Å². The van der Waals surface area contributed by atoms with E-state index in [4.69, 9.17) is 5.73 Å². The van der Waals surface area contributed by atoms with Gasteiger partial charge < -0.3 is 5.73 Å². The first kappa shape index (κ1) is 12.4. The third-order valence-corrected chi connectivity index (χ3v) is 4.71. The van der Waals surface area contributed by atoms with Crippen LogP contribution in [0.5, 0.6) is 0 Å². The molecule has 94 valence electrons. The highest BCUT2D eigenvalue weighted by Gasteiger charge is 2.29. The van der Waals surface area contributed by atoms with E-state index in [9.17, 15) is 0 Å². The van der Waals surface area contributed by atoms with Gasteiger partial charge >= 0.3 is 0 Å². The Morgan fingerprint density at radius 1 is 0.812 bits per heavy atom. The predicted octanol–water partition coefficient (Wildman–Crippen LogP) is 2.91. The Morgan fingerprint density at radius 3 is 2.06 bits per heavy atom. The van der Waals surface area contributed by atoms with Gasteiger partial charge in [-0.1, -0.05) is 38.5 Å². The first-order valence-corrected chi connectivity index (χ1v) is 7.26. The van der Waals surface area contributed by atoms with Crippen molar-refractivity contribution in [2.45, 2.75) is 82.3 Å². The molecule has 0 aromatic rings. The van der Waals surface area contributed by atoms with E-state index >= 15 is 0 Å². The molecule has 0 aromatic heterocycles. The minimum atomic E-state index is 0.422. The van der Waals surface area contributed by atoms with Gasteiger partial charge in [0.2, 0.25) is 0 Å². The summed E-state index contributed by atoms with van der Waals surface area (Å²) in [6.07, 6.45) is 13.8. The summed E-state index contributed by atoms with van der Waals surface area (Å²) in [4.78, 5) is 2.63. The molecule has 2 N–H and O–H groups in total. The highest BCUT2D eigenvalue weighted by Crippen LogP contribution is 2.28. The lowest BCUT2D eigenvalue weighted by Crippen LogP contribution is -2.49. The molecule has 2 atom stereocenters.